The van der Waals surface area contributed by atoms with Gasteiger partial charge in [0.1, 0.15) is 7.11 Å². The highest BCUT2D eigenvalue weighted by molar-refractivity contribution is 5.77. The summed E-state index contributed by atoms with van der Waals surface area (Å²) in [5.41, 5.74) is 0.623. The smallest absolute Gasteiger partial charge is 0.310 e. The van der Waals surface area contributed by atoms with Crippen LogP contribution in [0.25, 0.3) is 10.9 Å². The molecule has 12 heavy (non-hydrogen) atoms. The molecule has 0 unspecified atom stereocenters. The maximum atomic E-state index is 11.4. The van der Waals surface area contributed by atoms with Gasteiger partial charge in [0, 0.05) is 0 Å². The van der Waals surface area contributed by atoms with Crippen molar-refractivity contribution in [1.29, 1.82) is 0 Å². The van der Waals surface area contributed by atoms with E-state index in [2.05, 4.69) is 5.10 Å². The molecule has 0 saturated heterocycles. The van der Waals surface area contributed by atoms with Gasteiger partial charge in [-0.2, -0.15) is 0 Å². The zero-order chi connectivity index (χ0) is 8.55. The highest BCUT2D eigenvalue weighted by Gasteiger charge is 2.03. The normalized spacial score (nSPS) is 10.4. The summed E-state index contributed by atoms with van der Waals surface area (Å²) in [7, 11) is 1.44. The Morgan fingerprint density at radius 3 is 2.83 bits per heavy atom. The van der Waals surface area contributed by atoms with Crippen molar-refractivity contribution < 1.29 is 4.84 Å². The van der Waals surface area contributed by atoms with E-state index in [-0.39, 0.29) is 5.56 Å². The number of nitrogens with zero attached hydrogens (tertiary/aromatic N) is 1. The van der Waals surface area contributed by atoms with Gasteiger partial charge in [-0.3, -0.25) is 9.89 Å². The van der Waals surface area contributed by atoms with Crippen LogP contribution in [0.1, 0.15) is 0 Å². The quantitative estimate of drug-likeness (QED) is 0.662. The first-order chi connectivity index (χ1) is 5.83. The zero-order valence-corrected chi connectivity index (χ0v) is 6.57. The third-order valence-electron chi connectivity index (χ3n) is 1.75. The van der Waals surface area contributed by atoms with Crippen molar-refractivity contribution in [1.82, 2.24) is 9.94 Å². The van der Waals surface area contributed by atoms with Crippen molar-refractivity contribution in [2.45, 2.75) is 0 Å². The Morgan fingerprint density at radius 2 is 2.17 bits per heavy atom. The van der Waals surface area contributed by atoms with Crippen LogP contribution in [-0.2, 0) is 0 Å². The summed E-state index contributed by atoms with van der Waals surface area (Å²) in [5, 5.41) is 3.43. The molecule has 1 N–H and O–H groups in total. The molecule has 4 nitrogen and oxygen atoms in total. The maximum absolute atomic E-state index is 11.4. The fourth-order valence-electron chi connectivity index (χ4n) is 1.17. The summed E-state index contributed by atoms with van der Waals surface area (Å²) in [5.74, 6) is 0. The Bertz CT molecular complexity index is 455. The molecule has 0 fully saturated rings. The molecule has 0 amide bonds. The standard InChI is InChI=1S/C8H8N2O2/c1-12-10-8(11)6-4-2-3-5-7(6)9-10/h2-5,9H,1H3. The summed E-state index contributed by atoms with van der Waals surface area (Å²) < 4.78 is 0. The van der Waals surface area contributed by atoms with E-state index >= 15 is 0 Å². The molecular weight excluding hydrogens is 156 g/mol. The van der Waals surface area contributed by atoms with Gasteiger partial charge in [-0.05, 0) is 12.1 Å². The van der Waals surface area contributed by atoms with E-state index in [1.54, 1.807) is 6.07 Å². The number of fused-ring (bicyclic) bond motifs is 1. The van der Waals surface area contributed by atoms with E-state index in [0.717, 1.165) is 10.4 Å². The van der Waals surface area contributed by atoms with Crippen LogP contribution >= 0.6 is 0 Å². The summed E-state index contributed by atoms with van der Waals surface area (Å²) in [4.78, 5) is 17.2. The van der Waals surface area contributed by atoms with Crippen LogP contribution in [-0.4, -0.2) is 17.1 Å². The molecule has 0 spiro atoms. The summed E-state index contributed by atoms with van der Waals surface area (Å²) in [6.07, 6.45) is 0. The van der Waals surface area contributed by atoms with Gasteiger partial charge >= 0.3 is 5.56 Å². The van der Waals surface area contributed by atoms with Crippen molar-refractivity contribution in [2.75, 3.05) is 7.11 Å². The second-order valence-corrected chi connectivity index (χ2v) is 2.44. The summed E-state index contributed by atoms with van der Waals surface area (Å²) >= 11 is 0. The minimum absolute atomic E-state index is 0.159. The van der Waals surface area contributed by atoms with Crippen molar-refractivity contribution in [2.24, 2.45) is 0 Å². The zero-order valence-electron chi connectivity index (χ0n) is 6.57. The molecular formula is C8H8N2O2. The van der Waals surface area contributed by atoms with Gasteiger partial charge in [-0.15, -0.1) is 0 Å². The number of nitrogens with one attached hydrogen (secondary N) is 1. The van der Waals surface area contributed by atoms with Crippen molar-refractivity contribution >= 4 is 10.9 Å². The average molecular weight is 164 g/mol. The van der Waals surface area contributed by atoms with Crippen molar-refractivity contribution in [3.05, 3.63) is 34.6 Å². The fourth-order valence-corrected chi connectivity index (χ4v) is 1.17. The topological polar surface area (TPSA) is 47.0 Å². The Morgan fingerprint density at radius 1 is 1.42 bits per heavy atom. The van der Waals surface area contributed by atoms with Gasteiger partial charge in [-0.25, -0.2) is 0 Å². The molecule has 2 rings (SSSR count). The van der Waals surface area contributed by atoms with Gasteiger partial charge in [0.2, 0.25) is 0 Å². The minimum Gasteiger partial charge on any atom is -0.398 e. The molecule has 0 bridgehead atoms. The number of hydrogen-bond acceptors (Lipinski definition) is 2. The van der Waals surface area contributed by atoms with Crippen LogP contribution in [0.15, 0.2) is 29.1 Å². The second kappa shape index (κ2) is 2.41. The third-order valence-corrected chi connectivity index (χ3v) is 1.75. The van der Waals surface area contributed by atoms with E-state index in [1.165, 1.54) is 7.11 Å². The highest BCUT2D eigenvalue weighted by Crippen LogP contribution is 2.04. The number of rotatable bonds is 1. The maximum Gasteiger partial charge on any atom is 0.310 e. The number of H-pyrrole nitrogens is 1. The van der Waals surface area contributed by atoms with Crippen LogP contribution < -0.4 is 10.4 Å². The molecule has 0 radical (unpaired) electrons. The number of benzene rings is 1. The summed E-state index contributed by atoms with van der Waals surface area (Å²) in [6.45, 7) is 0. The Kier molecular flexibility index (Phi) is 1.40. The fraction of sp³-hybridized carbons (Fsp3) is 0.125. The predicted octanol–water partition coefficient (Wildman–Crippen LogP) is 0.388. The lowest BCUT2D eigenvalue weighted by atomic mass is 10.3. The van der Waals surface area contributed by atoms with Gasteiger partial charge in [0.05, 0.1) is 10.9 Å². The van der Waals surface area contributed by atoms with E-state index in [4.69, 9.17) is 4.84 Å². The molecule has 1 aromatic heterocycles. The number of aromatic nitrogens is 2. The lowest BCUT2D eigenvalue weighted by Gasteiger charge is -1.93. The van der Waals surface area contributed by atoms with Gasteiger partial charge < -0.3 is 4.84 Å². The third kappa shape index (κ3) is 0.812. The largest absolute Gasteiger partial charge is 0.398 e. The summed E-state index contributed by atoms with van der Waals surface area (Å²) in [6, 6.07) is 7.26. The minimum atomic E-state index is -0.159. The lowest BCUT2D eigenvalue weighted by Crippen LogP contribution is -2.21. The van der Waals surface area contributed by atoms with Crippen LogP contribution in [0, 0.1) is 0 Å². The molecule has 2 aromatic rings. The average Bonchev–Trinajstić information content (AvgIpc) is 2.44. The number of para-hydroxylation sites is 1. The monoisotopic (exact) mass is 164 g/mol. The van der Waals surface area contributed by atoms with Crippen LogP contribution in [0.5, 0.6) is 0 Å². The molecule has 0 atom stereocenters. The van der Waals surface area contributed by atoms with Crippen LogP contribution in [0.3, 0.4) is 0 Å². The molecule has 1 heterocycles. The predicted molar refractivity (Wildman–Crippen MR) is 45.1 cm³/mol. The van der Waals surface area contributed by atoms with Crippen LogP contribution in [0.4, 0.5) is 0 Å². The van der Waals surface area contributed by atoms with E-state index in [1.807, 2.05) is 18.2 Å². The Labute approximate surface area is 68.3 Å². The van der Waals surface area contributed by atoms with Gasteiger partial charge in [0.25, 0.3) is 0 Å². The first-order valence-electron chi connectivity index (χ1n) is 3.57. The van der Waals surface area contributed by atoms with Gasteiger partial charge in [-0.1, -0.05) is 17.0 Å². The Balaban J connectivity index is 2.88. The van der Waals surface area contributed by atoms with E-state index in [9.17, 15) is 4.79 Å². The van der Waals surface area contributed by atoms with Crippen LogP contribution in [0.2, 0.25) is 0 Å². The lowest BCUT2D eigenvalue weighted by molar-refractivity contribution is 0.128. The van der Waals surface area contributed by atoms with Crippen molar-refractivity contribution in [3.8, 4) is 0 Å². The first-order valence-corrected chi connectivity index (χ1v) is 3.57. The molecule has 0 aliphatic carbocycles. The molecule has 0 aliphatic heterocycles. The second-order valence-electron chi connectivity index (χ2n) is 2.44. The molecule has 0 aliphatic rings. The van der Waals surface area contributed by atoms with Gasteiger partial charge in [0.15, 0.2) is 0 Å². The Hall–Kier alpha value is -1.71. The highest BCUT2D eigenvalue weighted by atomic mass is 16.7. The van der Waals surface area contributed by atoms with E-state index in [0.29, 0.717) is 5.39 Å². The molecule has 62 valence electrons. The number of aromatic amines is 1. The SMILES string of the molecule is COn1[nH]c2ccccc2c1=O. The molecule has 4 heteroatoms. The number of hydrogen-bond donors (Lipinski definition) is 1. The van der Waals surface area contributed by atoms with Crippen molar-refractivity contribution in [3.63, 3.8) is 0 Å². The molecule has 0 saturated carbocycles. The molecule has 1 aromatic carbocycles. The first kappa shape index (κ1) is 6.97. The van der Waals surface area contributed by atoms with E-state index < -0.39 is 0 Å².